The average Bonchev–Trinajstić information content (AvgIpc) is 3.03. The Bertz CT molecular complexity index is 966. The molecule has 0 saturated heterocycles. The van der Waals surface area contributed by atoms with Crippen LogP contribution in [0.4, 0.5) is 5.82 Å². The fourth-order valence-corrected chi connectivity index (χ4v) is 3.60. The summed E-state index contributed by atoms with van der Waals surface area (Å²) < 4.78 is 29.0. The van der Waals surface area contributed by atoms with Crippen LogP contribution < -0.4 is 4.72 Å². The molecule has 0 fully saturated rings. The number of rotatable bonds is 6. The Morgan fingerprint density at radius 2 is 1.80 bits per heavy atom. The highest BCUT2D eigenvalue weighted by Gasteiger charge is 2.15. The number of aromatic nitrogens is 2. The minimum atomic E-state index is -3.66. The van der Waals surface area contributed by atoms with Crippen molar-refractivity contribution in [3.63, 3.8) is 0 Å². The maximum Gasteiger partial charge on any atom is 0.263 e. The molecule has 0 spiro atoms. The molecule has 2 aromatic carbocycles. The SMILES string of the molecule is CCc1ccc(S(=O)(=O)Nc2ccn(Cc3ccccc3Cl)n2)cc1. The van der Waals surface area contributed by atoms with Gasteiger partial charge in [-0.3, -0.25) is 9.40 Å². The third-order valence-electron chi connectivity index (χ3n) is 3.81. The van der Waals surface area contributed by atoms with Crippen LogP contribution in [0, 0.1) is 0 Å². The Labute approximate surface area is 152 Å². The first-order valence-corrected chi connectivity index (χ1v) is 9.72. The zero-order chi connectivity index (χ0) is 17.9. The molecule has 7 heteroatoms. The standard InChI is InChI=1S/C18H18ClN3O2S/c1-2-14-7-9-16(10-8-14)25(23,24)21-18-11-12-22(20-18)13-15-5-3-4-6-17(15)19/h3-12H,2,13H2,1H3,(H,20,21). The quantitative estimate of drug-likeness (QED) is 0.709. The lowest BCUT2D eigenvalue weighted by Crippen LogP contribution is -2.14. The van der Waals surface area contributed by atoms with Crippen LogP contribution in [0.5, 0.6) is 0 Å². The van der Waals surface area contributed by atoms with Gasteiger partial charge in [0.05, 0.1) is 11.4 Å². The van der Waals surface area contributed by atoms with E-state index in [1.807, 2.05) is 43.3 Å². The van der Waals surface area contributed by atoms with Crippen molar-refractivity contribution >= 4 is 27.4 Å². The van der Waals surface area contributed by atoms with E-state index in [4.69, 9.17) is 11.6 Å². The summed E-state index contributed by atoms with van der Waals surface area (Å²) in [5.74, 6) is 0.270. The molecule has 0 saturated carbocycles. The van der Waals surface area contributed by atoms with Crippen molar-refractivity contribution in [1.29, 1.82) is 0 Å². The van der Waals surface area contributed by atoms with Gasteiger partial charge in [0.15, 0.2) is 5.82 Å². The highest BCUT2D eigenvalue weighted by Crippen LogP contribution is 2.18. The maximum atomic E-state index is 12.4. The van der Waals surface area contributed by atoms with Crippen LogP contribution in [-0.4, -0.2) is 18.2 Å². The average molecular weight is 376 g/mol. The molecule has 1 aromatic heterocycles. The molecular weight excluding hydrogens is 358 g/mol. The number of anilines is 1. The second-order valence-corrected chi connectivity index (χ2v) is 7.68. The van der Waals surface area contributed by atoms with Crippen LogP contribution in [0.15, 0.2) is 65.7 Å². The molecule has 1 N–H and O–H groups in total. The number of hydrogen-bond acceptors (Lipinski definition) is 3. The van der Waals surface area contributed by atoms with Gasteiger partial charge in [-0.05, 0) is 35.7 Å². The van der Waals surface area contributed by atoms with Gasteiger partial charge in [-0.15, -0.1) is 0 Å². The van der Waals surface area contributed by atoms with Crippen molar-refractivity contribution in [2.24, 2.45) is 0 Å². The molecule has 0 radical (unpaired) electrons. The van der Waals surface area contributed by atoms with Gasteiger partial charge in [0.25, 0.3) is 10.0 Å². The third kappa shape index (κ3) is 4.21. The molecule has 130 valence electrons. The van der Waals surface area contributed by atoms with E-state index < -0.39 is 10.0 Å². The lowest BCUT2D eigenvalue weighted by molar-refractivity contribution is 0.600. The van der Waals surface area contributed by atoms with E-state index in [0.29, 0.717) is 11.6 Å². The number of benzene rings is 2. The van der Waals surface area contributed by atoms with Crippen LogP contribution in [0.3, 0.4) is 0 Å². The third-order valence-corrected chi connectivity index (χ3v) is 5.55. The predicted octanol–water partition coefficient (Wildman–Crippen LogP) is 3.95. The first-order valence-electron chi connectivity index (χ1n) is 7.86. The molecule has 0 unspecified atom stereocenters. The number of sulfonamides is 1. The molecule has 0 aliphatic rings. The molecule has 1 heterocycles. The molecule has 0 aliphatic carbocycles. The zero-order valence-corrected chi connectivity index (χ0v) is 15.3. The highest BCUT2D eigenvalue weighted by molar-refractivity contribution is 7.92. The molecule has 0 atom stereocenters. The summed E-state index contributed by atoms with van der Waals surface area (Å²) in [6.07, 6.45) is 2.57. The Balaban J connectivity index is 1.75. The predicted molar refractivity (Wildman–Crippen MR) is 99.4 cm³/mol. The van der Waals surface area contributed by atoms with Crippen LogP contribution in [0.2, 0.25) is 5.02 Å². The van der Waals surface area contributed by atoms with Gasteiger partial charge in [-0.2, -0.15) is 5.10 Å². The van der Waals surface area contributed by atoms with Gasteiger partial charge in [0.2, 0.25) is 0 Å². The number of halogens is 1. The van der Waals surface area contributed by atoms with Crippen molar-refractivity contribution in [2.45, 2.75) is 24.8 Å². The van der Waals surface area contributed by atoms with E-state index in [-0.39, 0.29) is 10.7 Å². The summed E-state index contributed by atoms with van der Waals surface area (Å²) in [7, 11) is -3.66. The topological polar surface area (TPSA) is 64.0 Å². The van der Waals surface area contributed by atoms with Crippen molar-refractivity contribution in [3.8, 4) is 0 Å². The largest absolute Gasteiger partial charge is 0.266 e. The molecule has 0 bridgehead atoms. The monoisotopic (exact) mass is 375 g/mol. The summed E-state index contributed by atoms with van der Waals surface area (Å²) in [5.41, 5.74) is 2.00. The van der Waals surface area contributed by atoms with Crippen LogP contribution >= 0.6 is 11.6 Å². The lowest BCUT2D eigenvalue weighted by atomic mass is 10.2. The zero-order valence-electron chi connectivity index (χ0n) is 13.7. The van der Waals surface area contributed by atoms with Crippen molar-refractivity contribution in [1.82, 2.24) is 9.78 Å². The van der Waals surface area contributed by atoms with Crippen LogP contribution in [0.1, 0.15) is 18.1 Å². The number of nitrogens with one attached hydrogen (secondary N) is 1. The Morgan fingerprint density at radius 3 is 2.48 bits per heavy atom. The van der Waals surface area contributed by atoms with Gasteiger partial charge >= 0.3 is 0 Å². The first kappa shape index (κ1) is 17.5. The molecule has 25 heavy (non-hydrogen) atoms. The van der Waals surface area contributed by atoms with Gasteiger partial charge in [0.1, 0.15) is 0 Å². The summed E-state index contributed by atoms with van der Waals surface area (Å²) in [6.45, 7) is 2.49. The summed E-state index contributed by atoms with van der Waals surface area (Å²) in [5, 5.41) is 4.91. The molecular formula is C18H18ClN3O2S. The number of hydrogen-bond donors (Lipinski definition) is 1. The van der Waals surface area contributed by atoms with Gasteiger partial charge in [-0.1, -0.05) is 48.9 Å². The number of nitrogens with zero attached hydrogens (tertiary/aromatic N) is 2. The summed E-state index contributed by atoms with van der Waals surface area (Å²) in [4.78, 5) is 0.213. The van der Waals surface area contributed by atoms with E-state index in [0.717, 1.165) is 17.5 Å². The van der Waals surface area contributed by atoms with Crippen LogP contribution in [-0.2, 0) is 23.0 Å². The normalized spacial score (nSPS) is 11.4. The smallest absolute Gasteiger partial charge is 0.263 e. The minimum absolute atomic E-state index is 0.213. The number of aryl methyl sites for hydroxylation is 1. The lowest BCUT2D eigenvalue weighted by Gasteiger charge is -2.07. The summed E-state index contributed by atoms with van der Waals surface area (Å²) in [6, 6.07) is 15.9. The molecule has 3 aromatic rings. The van der Waals surface area contributed by atoms with Crippen molar-refractivity contribution in [2.75, 3.05) is 4.72 Å². The minimum Gasteiger partial charge on any atom is -0.266 e. The van der Waals surface area contributed by atoms with Gasteiger partial charge in [0, 0.05) is 17.3 Å². The summed E-state index contributed by atoms with van der Waals surface area (Å²) >= 11 is 6.14. The Kier molecular flexibility index (Phi) is 5.11. The van der Waals surface area contributed by atoms with Crippen molar-refractivity contribution in [3.05, 3.63) is 76.9 Å². The highest BCUT2D eigenvalue weighted by atomic mass is 35.5. The second kappa shape index (κ2) is 7.29. The first-order chi connectivity index (χ1) is 12.0. The Hall–Kier alpha value is -2.31. The van der Waals surface area contributed by atoms with E-state index in [2.05, 4.69) is 9.82 Å². The van der Waals surface area contributed by atoms with Gasteiger partial charge in [-0.25, -0.2) is 8.42 Å². The van der Waals surface area contributed by atoms with Gasteiger partial charge < -0.3 is 0 Å². The molecule has 5 nitrogen and oxygen atoms in total. The van der Waals surface area contributed by atoms with Crippen molar-refractivity contribution < 1.29 is 8.42 Å². The fourth-order valence-electron chi connectivity index (χ4n) is 2.41. The van der Waals surface area contributed by atoms with Crippen LogP contribution in [0.25, 0.3) is 0 Å². The molecule has 0 amide bonds. The van der Waals surface area contributed by atoms with E-state index >= 15 is 0 Å². The van der Waals surface area contributed by atoms with E-state index in [9.17, 15) is 8.42 Å². The fraction of sp³-hybridized carbons (Fsp3) is 0.167. The maximum absolute atomic E-state index is 12.4. The van der Waals surface area contributed by atoms with E-state index in [1.54, 1.807) is 29.1 Å². The molecule has 3 rings (SSSR count). The molecule has 0 aliphatic heterocycles. The second-order valence-electron chi connectivity index (χ2n) is 5.59. The Morgan fingerprint density at radius 1 is 1.08 bits per heavy atom. The van der Waals surface area contributed by atoms with E-state index in [1.165, 1.54) is 0 Å².